The van der Waals surface area contributed by atoms with E-state index in [1.165, 1.54) is 0 Å². The van der Waals surface area contributed by atoms with Gasteiger partial charge in [-0.1, -0.05) is 12.1 Å². The van der Waals surface area contributed by atoms with E-state index >= 15 is 0 Å². The van der Waals surface area contributed by atoms with Gasteiger partial charge in [0.2, 0.25) is 0 Å². The molecule has 0 atom stereocenters. The molecule has 6 heteroatoms. The standard InChI is InChI=1S/C13H11F3N2O/c1-8-3-2-4-9(5-8)19-11-6-12(13(14,15)16)18-7-10(11)17/h2-7H,17H2,1H3. The molecule has 1 heterocycles. The van der Waals surface area contributed by atoms with Crippen LogP contribution in [-0.4, -0.2) is 4.98 Å². The maximum atomic E-state index is 12.5. The summed E-state index contributed by atoms with van der Waals surface area (Å²) in [7, 11) is 0. The molecule has 0 aliphatic rings. The van der Waals surface area contributed by atoms with E-state index in [-0.39, 0.29) is 11.4 Å². The summed E-state index contributed by atoms with van der Waals surface area (Å²) in [5.41, 5.74) is 5.51. The Morgan fingerprint density at radius 3 is 2.58 bits per heavy atom. The van der Waals surface area contributed by atoms with E-state index in [4.69, 9.17) is 10.5 Å². The molecule has 0 radical (unpaired) electrons. The number of rotatable bonds is 2. The highest BCUT2D eigenvalue weighted by Crippen LogP contribution is 2.34. The summed E-state index contributed by atoms with van der Waals surface area (Å²) >= 11 is 0. The first-order valence-corrected chi connectivity index (χ1v) is 5.43. The summed E-state index contributed by atoms with van der Waals surface area (Å²) in [5.74, 6) is 0.360. The van der Waals surface area contributed by atoms with E-state index in [1.807, 2.05) is 13.0 Å². The number of nitrogen functional groups attached to an aromatic ring is 1. The first-order valence-electron chi connectivity index (χ1n) is 5.43. The Morgan fingerprint density at radius 1 is 1.21 bits per heavy atom. The van der Waals surface area contributed by atoms with E-state index in [9.17, 15) is 13.2 Å². The molecule has 0 fully saturated rings. The van der Waals surface area contributed by atoms with Crippen molar-refractivity contribution in [1.29, 1.82) is 0 Å². The third-order valence-electron chi connectivity index (χ3n) is 2.40. The van der Waals surface area contributed by atoms with E-state index in [0.717, 1.165) is 17.8 Å². The molecule has 0 saturated heterocycles. The van der Waals surface area contributed by atoms with Crippen LogP contribution in [-0.2, 0) is 6.18 Å². The van der Waals surface area contributed by atoms with Gasteiger partial charge in [-0.05, 0) is 24.6 Å². The van der Waals surface area contributed by atoms with Gasteiger partial charge in [0.1, 0.15) is 11.4 Å². The van der Waals surface area contributed by atoms with Gasteiger partial charge in [0, 0.05) is 6.07 Å². The van der Waals surface area contributed by atoms with E-state index < -0.39 is 11.9 Å². The number of ether oxygens (including phenoxy) is 1. The average molecular weight is 268 g/mol. The smallest absolute Gasteiger partial charge is 0.433 e. The normalized spacial score (nSPS) is 11.4. The number of pyridine rings is 1. The highest BCUT2D eigenvalue weighted by atomic mass is 19.4. The fraction of sp³-hybridized carbons (Fsp3) is 0.154. The fourth-order valence-corrected chi connectivity index (χ4v) is 1.50. The molecule has 0 saturated carbocycles. The van der Waals surface area contributed by atoms with Crippen LogP contribution in [0.2, 0.25) is 0 Å². The molecule has 2 aromatic rings. The van der Waals surface area contributed by atoms with Crippen molar-refractivity contribution in [2.24, 2.45) is 0 Å². The maximum absolute atomic E-state index is 12.5. The molecule has 2 N–H and O–H groups in total. The minimum absolute atomic E-state index is 0.0505. The first kappa shape index (κ1) is 13.2. The monoisotopic (exact) mass is 268 g/mol. The van der Waals surface area contributed by atoms with Crippen LogP contribution in [0.3, 0.4) is 0 Å². The topological polar surface area (TPSA) is 48.1 Å². The summed E-state index contributed by atoms with van der Waals surface area (Å²) < 4.78 is 43.0. The quantitative estimate of drug-likeness (QED) is 0.901. The second-order valence-corrected chi connectivity index (χ2v) is 4.02. The van der Waals surface area contributed by atoms with Gasteiger partial charge in [0.15, 0.2) is 5.75 Å². The zero-order valence-corrected chi connectivity index (χ0v) is 10.0. The lowest BCUT2D eigenvalue weighted by molar-refractivity contribution is -0.141. The Hall–Kier alpha value is -2.24. The van der Waals surface area contributed by atoms with Gasteiger partial charge in [-0.2, -0.15) is 13.2 Å². The molecular weight excluding hydrogens is 257 g/mol. The number of nitrogens with two attached hydrogens (primary N) is 1. The zero-order valence-electron chi connectivity index (χ0n) is 10.0. The van der Waals surface area contributed by atoms with Gasteiger partial charge in [0.05, 0.1) is 11.9 Å². The summed E-state index contributed by atoms with van der Waals surface area (Å²) in [6.07, 6.45) is -3.59. The van der Waals surface area contributed by atoms with Gasteiger partial charge >= 0.3 is 6.18 Å². The molecule has 0 aliphatic carbocycles. The Bertz CT molecular complexity index is 597. The van der Waals surface area contributed by atoms with Gasteiger partial charge in [-0.15, -0.1) is 0 Å². The van der Waals surface area contributed by atoms with Crippen LogP contribution in [0.15, 0.2) is 36.5 Å². The first-order chi connectivity index (χ1) is 8.86. The number of hydrogen-bond acceptors (Lipinski definition) is 3. The Kier molecular flexibility index (Phi) is 3.33. The zero-order chi connectivity index (χ0) is 14.0. The predicted molar refractivity (Wildman–Crippen MR) is 64.9 cm³/mol. The van der Waals surface area contributed by atoms with Gasteiger partial charge in [-0.3, -0.25) is 0 Å². The lowest BCUT2D eigenvalue weighted by Gasteiger charge is -2.11. The Labute approximate surface area is 107 Å². The van der Waals surface area contributed by atoms with Crippen molar-refractivity contribution >= 4 is 5.69 Å². The van der Waals surface area contributed by atoms with Crippen molar-refractivity contribution in [1.82, 2.24) is 4.98 Å². The minimum Gasteiger partial charge on any atom is -0.455 e. The molecule has 1 aromatic heterocycles. The maximum Gasteiger partial charge on any atom is 0.433 e. The molecule has 19 heavy (non-hydrogen) atoms. The van der Waals surface area contributed by atoms with E-state index in [0.29, 0.717) is 5.75 Å². The lowest BCUT2D eigenvalue weighted by atomic mass is 10.2. The SMILES string of the molecule is Cc1cccc(Oc2cc(C(F)(F)F)ncc2N)c1. The molecule has 0 amide bonds. The van der Waals surface area contributed by atoms with Crippen LogP contribution in [0, 0.1) is 6.92 Å². The lowest BCUT2D eigenvalue weighted by Crippen LogP contribution is -2.08. The van der Waals surface area contributed by atoms with E-state index in [2.05, 4.69) is 4.98 Å². The van der Waals surface area contributed by atoms with Gasteiger partial charge in [-0.25, -0.2) is 4.98 Å². The molecule has 0 bridgehead atoms. The van der Waals surface area contributed by atoms with Crippen molar-refractivity contribution in [3.05, 3.63) is 47.8 Å². The second kappa shape index (κ2) is 4.79. The number of aromatic nitrogens is 1. The molecule has 0 aliphatic heterocycles. The minimum atomic E-state index is -4.53. The average Bonchev–Trinajstić information content (AvgIpc) is 2.30. The molecule has 0 unspecified atom stereocenters. The number of alkyl halides is 3. The van der Waals surface area contributed by atoms with Crippen molar-refractivity contribution in [3.8, 4) is 11.5 Å². The van der Waals surface area contributed by atoms with E-state index in [1.54, 1.807) is 18.2 Å². The number of halogens is 3. The number of anilines is 1. The van der Waals surface area contributed by atoms with Crippen molar-refractivity contribution < 1.29 is 17.9 Å². The van der Waals surface area contributed by atoms with Gasteiger partial charge in [0.25, 0.3) is 0 Å². The number of benzene rings is 1. The number of aryl methyl sites for hydroxylation is 1. The van der Waals surface area contributed by atoms with Gasteiger partial charge < -0.3 is 10.5 Å². The summed E-state index contributed by atoms with van der Waals surface area (Å²) in [5, 5.41) is 0. The summed E-state index contributed by atoms with van der Waals surface area (Å²) in [4.78, 5) is 3.24. The molecule has 3 nitrogen and oxygen atoms in total. The Balaban J connectivity index is 2.34. The van der Waals surface area contributed by atoms with Crippen LogP contribution in [0.4, 0.5) is 18.9 Å². The third-order valence-corrected chi connectivity index (χ3v) is 2.40. The highest BCUT2D eigenvalue weighted by molar-refractivity contribution is 5.53. The fourth-order valence-electron chi connectivity index (χ4n) is 1.50. The van der Waals surface area contributed by atoms with Crippen LogP contribution in [0.1, 0.15) is 11.3 Å². The van der Waals surface area contributed by atoms with Crippen LogP contribution < -0.4 is 10.5 Å². The van der Waals surface area contributed by atoms with Crippen molar-refractivity contribution in [3.63, 3.8) is 0 Å². The number of nitrogens with zero attached hydrogens (tertiary/aromatic N) is 1. The number of hydrogen-bond donors (Lipinski definition) is 1. The van der Waals surface area contributed by atoms with Crippen LogP contribution >= 0.6 is 0 Å². The highest BCUT2D eigenvalue weighted by Gasteiger charge is 2.33. The predicted octanol–water partition coefficient (Wildman–Crippen LogP) is 3.78. The molecule has 0 spiro atoms. The van der Waals surface area contributed by atoms with Crippen LogP contribution in [0.25, 0.3) is 0 Å². The molecule has 2 rings (SSSR count). The summed E-state index contributed by atoms with van der Waals surface area (Å²) in [6.45, 7) is 1.85. The Morgan fingerprint density at radius 2 is 1.95 bits per heavy atom. The van der Waals surface area contributed by atoms with Crippen molar-refractivity contribution in [2.75, 3.05) is 5.73 Å². The largest absolute Gasteiger partial charge is 0.455 e. The molecule has 100 valence electrons. The molecular formula is C13H11F3N2O. The molecule has 1 aromatic carbocycles. The summed E-state index contributed by atoms with van der Waals surface area (Å²) in [6, 6.07) is 7.72. The second-order valence-electron chi connectivity index (χ2n) is 4.02. The van der Waals surface area contributed by atoms with Crippen LogP contribution in [0.5, 0.6) is 11.5 Å². The third kappa shape index (κ3) is 3.15. The van der Waals surface area contributed by atoms with Crippen molar-refractivity contribution in [2.45, 2.75) is 13.1 Å².